The molecule has 0 radical (unpaired) electrons. The molecule has 0 bridgehead atoms. The Morgan fingerprint density at radius 3 is 2.56 bits per heavy atom. The first-order valence-corrected chi connectivity index (χ1v) is 11.9. The van der Waals surface area contributed by atoms with Gasteiger partial charge in [0, 0.05) is 10.7 Å². The second kappa shape index (κ2) is 11.0. The monoisotopic (exact) mass is 620 g/mol. The van der Waals surface area contributed by atoms with Gasteiger partial charge in [-0.1, -0.05) is 35.9 Å². The van der Waals surface area contributed by atoms with Gasteiger partial charge in [-0.05, 0) is 111 Å². The summed E-state index contributed by atoms with van der Waals surface area (Å²) in [4.78, 5) is 12.7. The molecule has 1 N–H and O–H groups in total. The van der Waals surface area contributed by atoms with E-state index in [9.17, 15) is 10.1 Å². The summed E-state index contributed by atoms with van der Waals surface area (Å²) in [6.07, 6.45) is 1.57. The highest BCUT2D eigenvalue weighted by atomic mass is 127. The van der Waals surface area contributed by atoms with E-state index in [4.69, 9.17) is 16.3 Å². The number of benzene rings is 3. The van der Waals surface area contributed by atoms with Gasteiger partial charge in [0.25, 0.3) is 5.91 Å². The molecule has 0 saturated carbocycles. The Bertz CT molecular complexity index is 1210. The van der Waals surface area contributed by atoms with Crippen molar-refractivity contribution in [3.63, 3.8) is 0 Å². The van der Waals surface area contributed by atoms with Crippen molar-refractivity contribution in [1.82, 2.24) is 0 Å². The number of anilines is 1. The van der Waals surface area contributed by atoms with Crippen LogP contribution < -0.4 is 10.1 Å². The molecule has 0 heterocycles. The number of nitrogens with zero attached hydrogens (tertiary/aromatic N) is 1. The van der Waals surface area contributed by atoms with Gasteiger partial charge in [0.15, 0.2) is 0 Å². The number of nitrogens with one attached hydrogen (secondary N) is 1. The van der Waals surface area contributed by atoms with E-state index in [1.807, 2.05) is 74.5 Å². The lowest BCUT2D eigenvalue weighted by Gasteiger charge is -2.12. The number of carbonyl (C=O) groups is 1. The van der Waals surface area contributed by atoms with E-state index in [1.54, 1.807) is 6.08 Å². The molecule has 0 unspecified atom stereocenters. The summed E-state index contributed by atoms with van der Waals surface area (Å²) < 4.78 is 7.55. The fourth-order valence-corrected chi connectivity index (χ4v) is 4.81. The first kappa shape index (κ1) is 24.3. The summed E-state index contributed by atoms with van der Waals surface area (Å²) in [6.45, 7) is 4.25. The largest absolute Gasteiger partial charge is 0.487 e. The Hall–Kier alpha value is -2.34. The van der Waals surface area contributed by atoms with E-state index >= 15 is 0 Å². The molecule has 162 valence electrons. The predicted octanol–water partition coefficient (Wildman–Crippen LogP) is 7.45. The summed E-state index contributed by atoms with van der Waals surface area (Å²) >= 11 is 11.6. The van der Waals surface area contributed by atoms with Gasteiger partial charge in [0.05, 0.1) is 8.04 Å². The van der Waals surface area contributed by atoms with Gasteiger partial charge in [-0.3, -0.25) is 4.79 Å². The van der Waals surface area contributed by atoms with Crippen LogP contribution in [0.1, 0.15) is 22.3 Å². The zero-order valence-corrected chi connectivity index (χ0v) is 21.9. The van der Waals surface area contributed by atoms with Crippen LogP contribution in [-0.2, 0) is 11.4 Å². The van der Waals surface area contributed by atoms with Crippen LogP contribution >= 0.6 is 50.1 Å². The SMILES string of the molecule is Cc1ccc(C)c(NC(=O)/C(C#N)=C/c2cc(Br)c(OCc3ccc(Cl)cc3)c(I)c2)c1. The first-order chi connectivity index (χ1) is 15.3. The molecule has 3 rings (SSSR count). The molecule has 0 saturated heterocycles. The number of amides is 1. The smallest absolute Gasteiger partial charge is 0.266 e. The van der Waals surface area contributed by atoms with Gasteiger partial charge in [0.1, 0.15) is 24.0 Å². The highest BCUT2D eigenvalue weighted by molar-refractivity contribution is 14.1. The van der Waals surface area contributed by atoms with Crippen LogP contribution in [0.2, 0.25) is 5.02 Å². The van der Waals surface area contributed by atoms with Gasteiger partial charge in [-0.15, -0.1) is 0 Å². The quantitative estimate of drug-likeness (QED) is 0.177. The maximum atomic E-state index is 12.7. The summed E-state index contributed by atoms with van der Waals surface area (Å²) in [5, 5.41) is 13.1. The van der Waals surface area contributed by atoms with E-state index < -0.39 is 5.91 Å². The first-order valence-electron chi connectivity index (χ1n) is 9.63. The number of halogens is 3. The molecule has 7 heteroatoms. The molecule has 0 aliphatic heterocycles. The van der Waals surface area contributed by atoms with Crippen LogP contribution in [0.3, 0.4) is 0 Å². The number of rotatable bonds is 6. The highest BCUT2D eigenvalue weighted by Crippen LogP contribution is 2.33. The third-order valence-corrected chi connectivity index (χ3v) is 6.28. The van der Waals surface area contributed by atoms with Gasteiger partial charge in [0.2, 0.25) is 0 Å². The van der Waals surface area contributed by atoms with Crippen molar-refractivity contribution in [2.75, 3.05) is 5.32 Å². The molecule has 32 heavy (non-hydrogen) atoms. The molecule has 0 atom stereocenters. The third kappa shape index (κ3) is 6.35. The molecule has 0 aromatic heterocycles. The van der Waals surface area contributed by atoms with E-state index in [0.717, 1.165) is 24.7 Å². The van der Waals surface area contributed by atoms with Crippen LogP contribution in [0.4, 0.5) is 5.69 Å². The molecular formula is C25H19BrClIN2O2. The normalized spacial score (nSPS) is 11.1. The van der Waals surface area contributed by atoms with Crippen molar-refractivity contribution in [1.29, 1.82) is 5.26 Å². The van der Waals surface area contributed by atoms with Crippen molar-refractivity contribution < 1.29 is 9.53 Å². The zero-order valence-electron chi connectivity index (χ0n) is 17.4. The third-order valence-electron chi connectivity index (χ3n) is 4.63. The second-order valence-electron chi connectivity index (χ2n) is 7.17. The molecule has 0 spiro atoms. The number of nitriles is 1. The number of hydrogen-bond donors (Lipinski definition) is 1. The second-order valence-corrected chi connectivity index (χ2v) is 9.62. The standard InChI is InChI=1S/C25H19BrClIN2O2/c1-15-3-4-16(2)23(9-15)30-25(31)19(13-29)10-18-11-21(26)24(22(28)12-18)32-14-17-5-7-20(27)8-6-17/h3-12H,14H2,1-2H3,(H,30,31)/b19-10+. The summed E-state index contributed by atoms with van der Waals surface area (Å²) in [5.74, 6) is 0.242. The van der Waals surface area contributed by atoms with E-state index in [1.165, 1.54) is 0 Å². The van der Waals surface area contributed by atoms with Gasteiger partial charge in [-0.2, -0.15) is 5.26 Å². The maximum Gasteiger partial charge on any atom is 0.266 e. The average molecular weight is 622 g/mol. The Morgan fingerprint density at radius 2 is 1.91 bits per heavy atom. The lowest BCUT2D eigenvalue weighted by atomic mass is 10.1. The number of aryl methyl sites for hydroxylation is 2. The van der Waals surface area contributed by atoms with Gasteiger partial charge < -0.3 is 10.1 Å². The van der Waals surface area contributed by atoms with Crippen LogP contribution in [0, 0.1) is 28.7 Å². The maximum absolute atomic E-state index is 12.7. The van der Waals surface area contributed by atoms with Crippen LogP contribution in [-0.4, -0.2) is 5.91 Å². The van der Waals surface area contributed by atoms with Gasteiger partial charge in [-0.25, -0.2) is 0 Å². The van der Waals surface area contributed by atoms with Crippen LogP contribution in [0.5, 0.6) is 5.75 Å². The Kier molecular flexibility index (Phi) is 8.35. The Morgan fingerprint density at radius 1 is 1.19 bits per heavy atom. The summed E-state index contributed by atoms with van der Waals surface area (Å²) in [6, 6.07) is 18.9. The van der Waals surface area contributed by atoms with Crippen molar-refractivity contribution in [2.24, 2.45) is 0 Å². The van der Waals surface area contributed by atoms with E-state index in [2.05, 4.69) is 43.8 Å². The van der Waals surface area contributed by atoms with Crippen molar-refractivity contribution in [3.8, 4) is 11.8 Å². The molecule has 0 aliphatic rings. The minimum atomic E-state index is -0.449. The highest BCUT2D eigenvalue weighted by Gasteiger charge is 2.14. The molecule has 1 amide bonds. The zero-order chi connectivity index (χ0) is 23.3. The van der Waals surface area contributed by atoms with Crippen LogP contribution in [0.25, 0.3) is 6.08 Å². The lowest BCUT2D eigenvalue weighted by Crippen LogP contribution is -2.14. The van der Waals surface area contributed by atoms with Gasteiger partial charge >= 0.3 is 0 Å². The summed E-state index contributed by atoms with van der Waals surface area (Å²) in [5.41, 5.74) is 4.38. The fourth-order valence-electron chi connectivity index (χ4n) is 2.91. The topological polar surface area (TPSA) is 62.1 Å². The van der Waals surface area contributed by atoms with Crippen molar-refractivity contribution >= 4 is 67.8 Å². The summed E-state index contributed by atoms with van der Waals surface area (Å²) in [7, 11) is 0. The van der Waals surface area contributed by atoms with Crippen molar-refractivity contribution in [2.45, 2.75) is 20.5 Å². The van der Waals surface area contributed by atoms with E-state index in [-0.39, 0.29) is 5.57 Å². The fraction of sp³-hybridized carbons (Fsp3) is 0.120. The lowest BCUT2D eigenvalue weighted by molar-refractivity contribution is -0.112. The predicted molar refractivity (Wildman–Crippen MR) is 141 cm³/mol. The molecule has 4 nitrogen and oxygen atoms in total. The molecule has 3 aromatic rings. The van der Waals surface area contributed by atoms with Crippen LogP contribution in [0.15, 0.2) is 64.6 Å². The number of hydrogen-bond acceptors (Lipinski definition) is 3. The minimum Gasteiger partial charge on any atom is -0.487 e. The van der Waals surface area contributed by atoms with Crippen molar-refractivity contribution in [3.05, 3.63) is 95.5 Å². The molecule has 0 aliphatic carbocycles. The molecule has 0 fully saturated rings. The van der Waals surface area contributed by atoms with E-state index in [0.29, 0.717) is 28.6 Å². The Balaban J connectivity index is 1.78. The molecular weight excluding hydrogens is 603 g/mol. The number of carbonyl (C=O) groups excluding carboxylic acids is 1. The molecule has 3 aromatic carbocycles. The minimum absolute atomic E-state index is 0.0171. The average Bonchev–Trinajstić information content (AvgIpc) is 2.75. The number of ether oxygens (including phenoxy) is 1. The Labute approximate surface area is 214 Å².